The fourth-order valence-electron chi connectivity index (χ4n) is 1.58. The summed E-state index contributed by atoms with van der Waals surface area (Å²) in [4.78, 5) is 2.58. The van der Waals surface area contributed by atoms with Crippen molar-refractivity contribution in [3.8, 4) is 0 Å². The topological polar surface area (TPSA) is 3.24 Å². The van der Waals surface area contributed by atoms with Gasteiger partial charge in [-0.05, 0) is 53.1 Å². The maximum absolute atomic E-state index is 2.58. The lowest BCUT2D eigenvalue weighted by Crippen LogP contribution is -2.20. The molecule has 0 aromatic rings. The molecule has 1 aliphatic heterocycles. The van der Waals surface area contributed by atoms with Gasteiger partial charge in [-0.2, -0.15) is 0 Å². The quantitative estimate of drug-likeness (QED) is 0.584. The van der Waals surface area contributed by atoms with Crippen LogP contribution in [0.25, 0.3) is 0 Å². The normalized spacial score (nSPS) is 18.2. The first-order chi connectivity index (χ1) is 5.70. The summed E-state index contributed by atoms with van der Waals surface area (Å²) in [5, 5.41) is 0. The van der Waals surface area contributed by atoms with E-state index in [2.05, 4.69) is 25.7 Å². The lowest BCUT2D eigenvalue weighted by molar-refractivity contribution is 0.343. The van der Waals surface area contributed by atoms with Gasteiger partial charge in [0.15, 0.2) is 0 Å². The lowest BCUT2D eigenvalue weighted by atomic mass is 10.1. The highest BCUT2D eigenvalue weighted by Gasteiger charge is 2.10. The van der Waals surface area contributed by atoms with E-state index < -0.39 is 0 Å². The molecule has 1 fully saturated rings. The van der Waals surface area contributed by atoms with Crippen LogP contribution in [0.5, 0.6) is 0 Å². The second kappa shape index (κ2) is 4.66. The maximum atomic E-state index is 2.58. The van der Waals surface area contributed by atoms with E-state index >= 15 is 0 Å². The molecule has 0 radical (unpaired) electrons. The molecule has 0 saturated carbocycles. The minimum Gasteiger partial charge on any atom is -0.303 e. The first-order valence-electron chi connectivity index (χ1n) is 5.05. The van der Waals surface area contributed by atoms with Crippen LogP contribution < -0.4 is 0 Å². The van der Waals surface area contributed by atoms with Gasteiger partial charge in [0.05, 0.1) is 0 Å². The summed E-state index contributed by atoms with van der Waals surface area (Å²) in [6.45, 7) is 10.6. The molecule has 0 N–H and O–H groups in total. The van der Waals surface area contributed by atoms with Crippen LogP contribution in [0.4, 0.5) is 0 Å². The zero-order valence-electron chi connectivity index (χ0n) is 8.69. The highest BCUT2D eigenvalue weighted by molar-refractivity contribution is 5.06. The molecule has 0 aromatic carbocycles. The minimum absolute atomic E-state index is 1.27. The van der Waals surface area contributed by atoms with Gasteiger partial charge in [0.1, 0.15) is 0 Å². The van der Waals surface area contributed by atoms with E-state index in [0.717, 1.165) is 0 Å². The molecule has 1 nitrogen and oxygen atoms in total. The van der Waals surface area contributed by atoms with Crippen LogP contribution in [0.2, 0.25) is 0 Å². The Morgan fingerprint density at radius 3 is 2.17 bits per heavy atom. The molecule has 1 heteroatoms. The first kappa shape index (κ1) is 9.79. The molecule has 0 aliphatic carbocycles. The van der Waals surface area contributed by atoms with E-state index in [1.54, 1.807) is 5.57 Å². The monoisotopic (exact) mass is 167 g/mol. The number of hydrogen-bond donors (Lipinski definition) is 0. The van der Waals surface area contributed by atoms with E-state index in [1.807, 2.05) is 0 Å². The Morgan fingerprint density at radius 1 is 1.08 bits per heavy atom. The van der Waals surface area contributed by atoms with Crippen molar-refractivity contribution >= 4 is 0 Å². The van der Waals surface area contributed by atoms with Crippen LogP contribution in [-0.4, -0.2) is 24.5 Å². The van der Waals surface area contributed by atoms with Gasteiger partial charge in [-0.15, -0.1) is 0 Å². The molecule has 0 aromatic heterocycles. The van der Waals surface area contributed by atoms with Gasteiger partial charge in [-0.1, -0.05) is 11.1 Å². The molecule has 12 heavy (non-hydrogen) atoms. The Balaban J connectivity index is 2.20. The molecule has 0 atom stereocenters. The van der Waals surface area contributed by atoms with Gasteiger partial charge in [-0.3, -0.25) is 0 Å². The van der Waals surface area contributed by atoms with Crippen LogP contribution in [0.15, 0.2) is 11.1 Å². The number of likely N-dealkylation sites (tertiary alicyclic amines) is 1. The standard InChI is InChI=1S/C11H21N/c1-10(2)11(3)6-9-12-7-4-5-8-12/h4-9H2,1-3H3. The largest absolute Gasteiger partial charge is 0.303 e. The van der Waals surface area contributed by atoms with Gasteiger partial charge < -0.3 is 4.90 Å². The molecule has 1 heterocycles. The first-order valence-corrected chi connectivity index (χ1v) is 5.05. The predicted octanol–water partition coefficient (Wildman–Crippen LogP) is 2.83. The smallest absolute Gasteiger partial charge is 0.00186 e. The predicted molar refractivity (Wildman–Crippen MR) is 54.3 cm³/mol. The van der Waals surface area contributed by atoms with Crippen molar-refractivity contribution < 1.29 is 0 Å². The second-order valence-electron chi connectivity index (χ2n) is 4.08. The van der Waals surface area contributed by atoms with Crippen molar-refractivity contribution in [3.05, 3.63) is 11.1 Å². The summed E-state index contributed by atoms with van der Waals surface area (Å²) >= 11 is 0. The third kappa shape index (κ3) is 2.98. The zero-order valence-corrected chi connectivity index (χ0v) is 8.69. The van der Waals surface area contributed by atoms with E-state index in [1.165, 1.54) is 44.5 Å². The van der Waals surface area contributed by atoms with Crippen LogP contribution in [0.3, 0.4) is 0 Å². The Hall–Kier alpha value is -0.300. The number of rotatable bonds is 3. The number of nitrogens with zero attached hydrogens (tertiary/aromatic N) is 1. The average molecular weight is 167 g/mol. The molecule has 1 aliphatic rings. The van der Waals surface area contributed by atoms with Gasteiger partial charge in [0.2, 0.25) is 0 Å². The summed E-state index contributed by atoms with van der Waals surface area (Å²) in [6, 6.07) is 0. The second-order valence-corrected chi connectivity index (χ2v) is 4.08. The highest BCUT2D eigenvalue weighted by atomic mass is 15.1. The van der Waals surface area contributed by atoms with E-state index in [9.17, 15) is 0 Å². The van der Waals surface area contributed by atoms with Gasteiger partial charge >= 0.3 is 0 Å². The summed E-state index contributed by atoms with van der Waals surface area (Å²) in [5.41, 5.74) is 3.07. The van der Waals surface area contributed by atoms with Crippen LogP contribution in [0, 0.1) is 0 Å². The lowest BCUT2D eigenvalue weighted by Gasteiger charge is -2.14. The molecule has 0 unspecified atom stereocenters. The van der Waals surface area contributed by atoms with Crippen molar-refractivity contribution in [2.45, 2.75) is 40.0 Å². The molecular formula is C11H21N. The Labute approximate surface area is 76.5 Å². The third-order valence-corrected chi connectivity index (χ3v) is 2.86. The van der Waals surface area contributed by atoms with E-state index in [-0.39, 0.29) is 0 Å². The summed E-state index contributed by atoms with van der Waals surface area (Å²) < 4.78 is 0. The summed E-state index contributed by atoms with van der Waals surface area (Å²) in [6.07, 6.45) is 4.09. The third-order valence-electron chi connectivity index (χ3n) is 2.86. The van der Waals surface area contributed by atoms with Gasteiger partial charge in [-0.25, -0.2) is 0 Å². The molecule has 0 spiro atoms. The van der Waals surface area contributed by atoms with Crippen molar-refractivity contribution in [2.24, 2.45) is 0 Å². The molecule has 0 amide bonds. The summed E-state index contributed by atoms with van der Waals surface area (Å²) in [7, 11) is 0. The maximum Gasteiger partial charge on any atom is 0.00186 e. The number of allylic oxidation sites excluding steroid dienone is 1. The Bertz CT molecular complexity index is 160. The van der Waals surface area contributed by atoms with Crippen molar-refractivity contribution in [2.75, 3.05) is 19.6 Å². The van der Waals surface area contributed by atoms with E-state index in [0.29, 0.717) is 0 Å². The van der Waals surface area contributed by atoms with Crippen molar-refractivity contribution in [3.63, 3.8) is 0 Å². The summed E-state index contributed by atoms with van der Waals surface area (Å²) in [5.74, 6) is 0. The molecule has 1 rings (SSSR count). The minimum atomic E-state index is 1.27. The van der Waals surface area contributed by atoms with Gasteiger partial charge in [0, 0.05) is 6.54 Å². The molecule has 0 bridgehead atoms. The fourth-order valence-corrected chi connectivity index (χ4v) is 1.58. The Kier molecular flexibility index (Phi) is 3.80. The van der Waals surface area contributed by atoms with Crippen LogP contribution >= 0.6 is 0 Å². The van der Waals surface area contributed by atoms with Crippen molar-refractivity contribution in [1.29, 1.82) is 0 Å². The molecular weight excluding hydrogens is 146 g/mol. The SMILES string of the molecule is CC(C)=C(C)CCN1CCCC1. The molecule has 70 valence electrons. The zero-order chi connectivity index (χ0) is 8.97. The van der Waals surface area contributed by atoms with Gasteiger partial charge in [0.25, 0.3) is 0 Å². The average Bonchev–Trinajstić information content (AvgIpc) is 2.51. The van der Waals surface area contributed by atoms with Crippen LogP contribution in [-0.2, 0) is 0 Å². The van der Waals surface area contributed by atoms with E-state index in [4.69, 9.17) is 0 Å². The number of hydrogen-bond acceptors (Lipinski definition) is 1. The molecule has 1 saturated heterocycles. The van der Waals surface area contributed by atoms with Crippen molar-refractivity contribution in [1.82, 2.24) is 4.90 Å². The highest BCUT2D eigenvalue weighted by Crippen LogP contribution is 2.12. The fraction of sp³-hybridized carbons (Fsp3) is 0.818. The Morgan fingerprint density at radius 2 is 1.67 bits per heavy atom. The van der Waals surface area contributed by atoms with Crippen LogP contribution in [0.1, 0.15) is 40.0 Å².